The first-order valence-corrected chi connectivity index (χ1v) is 9.23. The average molecular weight is 335 g/mol. The van der Waals surface area contributed by atoms with Crippen LogP contribution in [0.4, 0.5) is 4.39 Å². The number of aliphatic hydroxyl groups is 1. The van der Waals surface area contributed by atoms with Crippen molar-refractivity contribution in [3.63, 3.8) is 0 Å². The third-order valence-corrected chi connectivity index (χ3v) is 5.44. The Morgan fingerprint density at radius 1 is 1.29 bits per heavy atom. The second-order valence-corrected chi connectivity index (χ2v) is 6.97. The topological polar surface area (TPSA) is 40.5 Å². The monoisotopic (exact) mass is 335 g/mol. The Morgan fingerprint density at radius 3 is 2.54 bits per heavy atom. The van der Waals surface area contributed by atoms with Gasteiger partial charge in [0.2, 0.25) is 5.91 Å². The summed E-state index contributed by atoms with van der Waals surface area (Å²) in [6, 6.07) is 6.60. The fourth-order valence-electron chi connectivity index (χ4n) is 3.88. The molecule has 134 valence electrons. The number of hydrogen-bond acceptors (Lipinski definition) is 2. The van der Waals surface area contributed by atoms with Gasteiger partial charge in [-0.2, -0.15) is 0 Å². The molecule has 1 N–H and O–H groups in total. The maximum absolute atomic E-state index is 13.3. The maximum Gasteiger partial charge on any atom is 0.223 e. The van der Waals surface area contributed by atoms with Crippen molar-refractivity contribution in [1.29, 1.82) is 0 Å². The summed E-state index contributed by atoms with van der Waals surface area (Å²) in [7, 11) is 0. The van der Waals surface area contributed by atoms with Gasteiger partial charge in [0.1, 0.15) is 5.82 Å². The summed E-state index contributed by atoms with van der Waals surface area (Å²) in [4.78, 5) is 14.7. The van der Waals surface area contributed by atoms with E-state index >= 15 is 0 Å². The number of nitrogens with zero attached hydrogens (tertiary/aromatic N) is 1. The predicted molar refractivity (Wildman–Crippen MR) is 94.2 cm³/mol. The molecule has 0 radical (unpaired) electrons. The van der Waals surface area contributed by atoms with Crippen molar-refractivity contribution in [3.05, 3.63) is 35.6 Å². The van der Waals surface area contributed by atoms with Crippen molar-refractivity contribution in [2.45, 2.75) is 51.9 Å². The Balaban J connectivity index is 2.12. The molecule has 1 aromatic rings. The Hall–Kier alpha value is -1.42. The molecule has 2 unspecified atom stereocenters. The van der Waals surface area contributed by atoms with E-state index in [1.165, 1.54) is 12.1 Å². The number of carbonyl (C=O) groups excluding carboxylic acids is 1. The van der Waals surface area contributed by atoms with E-state index in [0.29, 0.717) is 18.9 Å². The molecule has 1 heterocycles. The molecule has 1 saturated heterocycles. The third-order valence-electron chi connectivity index (χ3n) is 5.44. The van der Waals surface area contributed by atoms with Crippen LogP contribution in [0.3, 0.4) is 0 Å². The van der Waals surface area contributed by atoms with Crippen molar-refractivity contribution in [2.24, 2.45) is 11.8 Å². The number of halogens is 1. The highest BCUT2D eigenvalue weighted by Crippen LogP contribution is 2.34. The summed E-state index contributed by atoms with van der Waals surface area (Å²) in [5.74, 6) is 0.671. The molecule has 0 spiro atoms. The summed E-state index contributed by atoms with van der Waals surface area (Å²) in [5.41, 5.74) is 1.05. The van der Waals surface area contributed by atoms with Gasteiger partial charge in [0.15, 0.2) is 0 Å². The first-order valence-electron chi connectivity index (χ1n) is 9.23. The molecular formula is C20H30FNO2. The van der Waals surface area contributed by atoms with Gasteiger partial charge in [0.25, 0.3) is 0 Å². The first-order chi connectivity index (χ1) is 11.6. The van der Waals surface area contributed by atoms with Crippen LogP contribution in [0, 0.1) is 17.7 Å². The molecule has 4 heteroatoms. The van der Waals surface area contributed by atoms with E-state index in [9.17, 15) is 14.3 Å². The quantitative estimate of drug-likeness (QED) is 0.819. The van der Waals surface area contributed by atoms with Crippen molar-refractivity contribution in [3.8, 4) is 0 Å². The molecule has 0 aliphatic carbocycles. The smallest absolute Gasteiger partial charge is 0.223 e. The second kappa shape index (κ2) is 9.16. The molecule has 0 bridgehead atoms. The largest absolute Gasteiger partial charge is 0.396 e. The highest BCUT2D eigenvalue weighted by Gasteiger charge is 2.28. The molecule has 3 nitrogen and oxygen atoms in total. The number of rotatable bonds is 7. The van der Waals surface area contributed by atoms with E-state index in [0.717, 1.165) is 37.8 Å². The van der Waals surface area contributed by atoms with E-state index in [1.54, 1.807) is 0 Å². The van der Waals surface area contributed by atoms with Crippen LogP contribution in [0.5, 0.6) is 0 Å². The number of piperidine rings is 1. The summed E-state index contributed by atoms with van der Waals surface area (Å²) in [6.45, 7) is 5.90. The first kappa shape index (κ1) is 18.9. The third kappa shape index (κ3) is 4.79. The van der Waals surface area contributed by atoms with Gasteiger partial charge < -0.3 is 10.0 Å². The maximum atomic E-state index is 13.3. The molecule has 24 heavy (non-hydrogen) atoms. The Bertz CT molecular complexity index is 513. The minimum Gasteiger partial charge on any atom is -0.396 e. The minimum atomic E-state index is -0.241. The average Bonchev–Trinajstić information content (AvgIpc) is 2.62. The van der Waals surface area contributed by atoms with Crippen molar-refractivity contribution >= 4 is 5.91 Å². The van der Waals surface area contributed by atoms with Crippen LogP contribution in [0.1, 0.15) is 57.4 Å². The fourth-order valence-corrected chi connectivity index (χ4v) is 3.88. The summed E-state index contributed by atoms with van der Waals surface area (Å²) < 4.78 is 13.3. The molecule has 1 aliphatic heterocycles. The van der Waals surface area contributed by atoms with Crippen molar-refractivity contribution in [2.75, 3.05) is 19.7 Å². The predicted octanol–water partition coefficient (Wildman–Crippen LogP) is 3.97. The zero-order chi connectivity index (χ0) is 17.5. The van der Waals surface area contributed by atoms with Gasteiger partial charge in [0, 0.05) is 26.1 Å². The van der Waals surface area contributed by atoms with E-state index in [-0.39, 0.29) is 30.2 Å². The van der Waals surface area contributed by atoms with E-state index in [1.807, 2.05) is 17.0 Å². The number of benzene rings is 1. The summed E-state index contributed by atoms with van der Waals surface area (Å²) >= 11 is 0. The number of carbonyl (C=O) groups is 1. The number of amides is 1. The van der Waals surface area contributed by atoms with E-state index < -0.39 is 0 Å². The summed E-state index contributed by atoms with van der Waals surface area (Å²) in [5, 5.41) is 9.37. The standard InChI is InChI=1S/C20H30FNO2/c1-3-16(4-2)19(17-7-9-18(21)10-8-17)12-20(24)22-11-5-6-15(13-22)14-23/h7-10,15-16,19,23H,3-6,11-14H2,1-2H3. The molecule has 2 rings (SSSR count). The lowest BCUT2D eigenvalue weighted by Crippen LogP contribution is -2.41. The number of hydrogen-bond donors (Lipinski definition) is 1. The van der Waals surface area contributed by atoms with Crippen LogP contribution >= 0.6 is 0 Å². The van der Waals surface area contributed by atoms with Crippen LogP contribution in [0.2, 0.25) is 0 Å². The van der Waals surface area contributed by atoms with Gasteiger partial charge in [-0.15, -0.1) is 0 Å². The van der Waals surface area contributed by atoms with Crippen LogP contribution in [0.25, 0.3) is 0 Å². The van der Waals surface area contributed by atoms with Gasteiger partial charge in [0.05, 0.1) is 0 Å². The SMILES string of the molecule is CCC(CC)C(CC(=O)N1CCCC(CO)C1)c1ccc(F)cc1. The minimum absolute atomic E-state index is 0.127. The molecule has 0 saturated carbocycles. The normalized spacial score (nSPS) is 19.5. The summed E-state index contributed by atoms with van der Waals surface area (Å²) in [6.07, 6.45) is 4.43. The van der Waals surface area contributed by atoms with Crippen LogP contribution in [0.15, 0.2) is 24.3 Å². The van der Waals surface area contributed by atoms with Crippen LogP contribution in [-0.2, 0) is 4.79 Å². The molecule has 1 amide bonds. The molecule has 0 aromatic heterocycles. The second-order valence-electron chi connectivity index (χ2n) is 6.97. The van der Waals surface area contributed by atoms with Gasteiger partial charge in [-0.1, -0.05) is 38.8 Å². The molecule has 1 aromatic carbocycles. The molecule has 1 fully saturated rings. The van der Waals surface area contributed by atoms with Gasteiger partial charge in [-0.3, -0.25) is 4.79 Å². The van der Waals surface area contributed by atoms with Crippen molar-refractivity contribution in [1.82, 2.24) is 4.90 Å². The lowest BCUT2D eigenvalue weighted by molar-refractivity contribution is -0.134. The van der Waals surface area contributed by atoms with Crippen LogP contribution < -0.4 is 0 Å². The number of aliphatic hydroxyl groups excluding tert-OH is 1. The van der Waals surface area contributed by atoms with Crippen molar-refractivity contribution < 1.29 is 14.3 Å². The van der Waals surface area contributed by atoms with E-state index in [2.05, 4.69) is 13.8 Å². The molecular weight excluding hydrogens is 305 g/mol. The lowest BCUT2D eigenvalue weighted by atomic mass is 9.80. The highest BCUT2D eigenvalue weighted by atomic mass is 19.1. The van der Waals surface area contributed by atoms with Crippen LogP contribution in [-0.4, -0.2) is 35.6 Å². The van der Waals surface area contributed by atoms with E-state index in [4.69, 9.17) is 0 Å². The Morgan fingerprint density at radius 2 is 1.96 bits per heavy atom. The van der Waals surface area contributed by atoms with Gasteiger partial charge >= 0.3 is 0 Å². The van der Waals surface area contributed by atoms with Gasteiger partial charge in [-0.25, -0.2) is 4.39 Å². The van der Waals surface area contributed by atoms with Gasteiger partial charge in [-0.05, 0) is 48.3 Å². The zero-order valence-corrected chi connectivity index (χ0v) is 14.9. The Kier molecular flexibility index (Phi) is 7.22. The molecule has 1 aliphatic rings. The lowest BCUT2D eigenvalue weighted by Gasteiger charge is -2.34. The Labute approximate surface area is 144 Å². The fraction of sp³-hybridized carbons (Fsp3) is 0.650. The number of likely N-dealkylation sites (tertiary alicyclic amines) is 1. The zero-order valence-electron chi connectivity index (χ0n) is 14.9. The molecule has 2 atom stereocenters. The highest BCUT2D eigenvalue weighted by molar-refractivity contribution is 5.77.